The summed E-state index contributed by atoms with van der Waals surface area (Å²) in [5.41, 5.74) is 1.71. The van der Waals surface area contributed by atoms with Crippen LogP contribution in [0.15, 0.2) is 42.5 Å². The smallest absolute Gasteiger partial charge is 0.338 e. The van der Waals surface area contributed by atoms with Crippen molar-refractivity contribution in [3.05, 3.63) is 64.7 Å². The molecule has 0 heterocycles. The number of ketones is 1. The highest BCUT2D eigenvalue weighted by atomic mass is 16.5. The molecule has 6 heteroatoms. The number of carbonyl (C=O) groups is 3. The van der Waals surface area contributed by atoms with Gasteiger partial charge in [-0.2, -0.15) is 0 Å². The summed E-state index contributed by atoms with van der Waals surface area (Å²) < 4.78 is 16.2. The third-order valence-corrected chi connectivity index (χ3v) is 5.85. The SMILES string of the molecule is CCCCCCCCCCOc1ccc(C(=O)c2cccc(C(=O)OCC)c2)cc1CC(=O)OCC. The fourth-order valence-electron chi connectivity index (χ4n) is 3.95. The highest BCUT2D eigenvalue weighted by Gasteiger charge is 2.17. The zero-order valence-corrected chi connectivity index (χ0v) is 22.0. The Morgan fingerprint density at radius 3 is 2.03 bits per heavy atom. The first kappa shape index (κ1) is 29.1. The van der Waals surface area contributed by atoms with E-state index in [2.05, 4.69) is 6.92 Å². The Morgan fingerprint density at radius 1 is 0.694 bits per heavy atom. The van der Waals surface area contributed by atoms with Gasteiger partial charge in [0.05, 0.1) is 31.8 Å². The molecule has 0 atom stereocenters. The summed E-state index contributed by atoms with van der Waals surface area (Å²) in [4.78, 5) is 37.4. The molecule has 0 saturated heterocycles. The van der Waals surface area contributed by atoms with Gasteiger partial charge < -0.3 is 14.2 Å². The van der Waals surface area contributed by atoms with Crippen LogP contribution in [0.2, 0.25) is 0 Å². The number of hydrogen-bond acceptors (Lipinski definition) is 6. The van der Waals surface area contributed by atoms with Gasteiger partial charge in [0.25, 0.3) is 0 Å². The summed E-state index contributed by atoms with van der Waals surface area (Å²) in [7, 11) is 0. The van der Waals surface area contributed by atoms with Crippen molar-refractivity contribution in [2.24, 2.45) is 0 Å². The van der Waals surface area contributed by atoms with Gasteiger partial charge in [0.2, 0.25) is 0 Å². The summed E-state index contributed by atoms with van der Waals surface area (Å²) in [6.45, 7) is 6.81. The first-order chi connectivity index (χ1) is 17.5. The Hall–Kier alpha value is -3.15. The molecule has 0 aliphatic rings. The van der Waals surface area contributed by atoms with E-state index in [1.165, 1.54) is 44.6 Å². The monoisotopic (exact) mass is 496 g/mol. The summed E-state index contributed by atoms with van der Waals surface area (Å²) in [5, 5.41) is 0. The Morgan fingerprint density at radius 2 is 1.33 bits per heavy atom. The van der Waals surface area contributed by atoms with E-state index in [9.17, 15) is 14.4 Å². The number of unbranched alkanes of at least 4 members (excludes halogenated alkanes) is 7. The Labute approximate surface area is 215 Å². The summed E-state index contributed by atoms with van der Waals surface area (Å²) in [5.74, 6) is -0.508. The minimum atomic E-state index is -0.472. The number of hydrogen-bond donors (Lipinski definition) is 0. The third kappa shape index (κ3) is 9.84. The zero-order chi connectivity index (χ0) is 26.2. The molecule has 0 spiro atoms. The lowest BCUT2D eigenvalue weighted by Gasteiger charge is -2.13. The molecule has 0 unspecified atom stereocenters. The van der Waals surface area contributed by atoms with Crippen molar-refractivity contribution in [3.8, 4) is 5.75 Å². The normalized spacial score (nSPS) is 10.6. The molecule has 6 nitrogen and oxygen atoms in total. The van der Waals surface area contributed by atoms with E-state index in [0.29, 0.717) is 34.6 Å². The molecule has 0 radical (unpaired) electrons. The van der Waals surface area contributed by atoms with Crippen LogP contribution in [-0.4, -0.2) is 37.5 Å². The van der Waals surface area contributed by atoms with Gasteiger partial charge in [-0.15, -0.1) is 0 Å². The van der Waals surface area contributed by atoms with Gasteiger partial charge in [0.15, 0.2) is 5.78 Å². The molecule has 196 valence electrons. The highest BCUT2D eigenvalue weighted by Crippen LogP contribution is 2.24. The van der Waals surface area contributed by atoms with E-state index >= 15 is 0 Å². The minimum absolute atomic E-state index is 0.0184. The van der Waals surface area contributed by atoms with E-state index in [1.807, 2.05) is 0 Å². The minimum Gasteiger partial charge on any atom is -0.493 e. The number of benzene rings is 2. The molecule has 0 amide bonds. The molecule has 2 aromatic rings. The van der Waals surface area contributed by atoms with Crippen LogP contribution in [0.3, 0.4) is 0 Å². The van der Waals surface area contributed by atoms with E-state index in [-0.39, 0.29) is 31.4 Å². The highest BCUT2D eigenvalue weighted by molar-refractivity contribution is 6.10. The first-order valence-electron chi connectivity index (χ1n) is 13.2. The lowest BCUT2D eigenvalue weighted by Crippen LogP contribution is -2.11. The second-order valence-electron chi connectivity index (χ2n) is 8.76. The quantitative estimate of drug-likeness (QED) is 0.137. The predicted octanol–water partition coefficient (Wildman–Crippen LogP) is 6.72. The predicted molar refractivity (Wildman–Crippen MR) is 141 cm³/mol. The van der Waals surface area contributed by atoms with E-state index < -0.39 is 5.97 Å². The molecule has 0 saturated carbocycles. The van der Waals surface area contributed by atoms with Crippen LogP contribution in [0.1, 0.15) is 104 Å². The molecule has 0 aromatic heterocycles. The van der Waals surface area contributed by atoms with Crippen LogP contribution in [0.5, 0.6) is 5.75 Å². The van der Waals surface area contributed by atoms with Crippen molar-refractivity contribution in [2.45, 2.75) is 78.6 Å². The lowest BCUT2D eigenvalue weighted by atomic mass is 9.98. The van der Waals surface area contributed by atoms with E-state index in [1.54, 1.807) is 50.2 Å². The Bertz CT molecular complexity index is 981. The van der Waals surface area contributed by atoms with Gasteiger partial charge in [-0.25, -0.2) is 4.79 Å². The van der Waals surface area contributed by atoms with Crippen molar-refractivity contribution >= 4 is 17.7 Å². The molecular weight excluding hydrogens is 456 g/mol. The second kappa shape index (κ2) is 16.5. The van der Waals surface area contributed by atoms with Crippen molar-refractivity contribution in [1.82, 2.24) is 0 Å². The molecule has 2 aromatic carbocycles. The number of esters is 2. The summed E-state index contributed by atoms with van der Waals surface area (Å²) in [6, 6.07) is 11.6. The van der Waals surface area contributed by atoms with Crippen molar-refractivity contribution in [3.63, 3.8) is 0 Å². The van der Waals surface area contributed by atoms with Crippen LogP contribution in [-0.2, 0) is 20.7 Å². The van der Waals surface area contributed by atoms with E-state index in [4.69, 9.17) is 14.2 Å². The van der Waals surface area contributed by atoms with Gasteiger partial charge in [0.1, 0.15) is 5.75 Å². The second-order valence-corrected chi connectivity index (χ2v) is 8.76. The van der Waals surface area contributed by atoms with Gasteiger partial charge in [-0.3, -0.25) is 9.59 Å². The van der Waals surface area contributed by atoms with Crippen LogP contribution in [0, 0.1) is 0 Å². The van der Waals surface area contributed by atoms with Crippen LogP contribution < -0.4 is 4.74 Å². The average Bonchev–Trinajstić information content (AvgIpc) is 2.88. The van der Waals surface area contributed by atoms with Crippen molar-refractivity contribution < 1.29 is 28.6 Å². The molecule has 36 heavy (non-hydrogen) atoms. The standard InChI is InChI=1S/C30H40O6/c1-4-7-8-9-10-11-12-13-19-36-27-18-17-24(21-26(27)22-28(31)34-5-2)29(32)23-15-14-16-25(20-23)30(33)35-6-3/h14-18,20-21H,4-13,19,22H2,1-3H3. The largest absolute Gasteiger partial charge is 0.493 e. The van der Waals surface area contributed by atoms with Crippen LogP contribution >= 0.6 is 0 Å². The Kier molecular flexibility index (Phi) is 13.3. The fraction of sp³-hybridized carbons (Fsp3) is 0.500. The van der Waals surface area contributed by atoms with Gasteiger partial charge >= 0.3 is 11.9 Å². The van der Waals surface area contributed by atoms with Crippen molar-refractivity contribution in [2.75, 3.05) is 19.8 Å². The molecule has 0 N–H and O–H groups in total. The van der Waals surface area contributed by atoms with Crippen molar-refractivity contribution in [1.29, 1.82) is 0 Å². The van der Waals surface area contributed by atoms with Gasteiger partial charge in [-0.1, -0.05) is 64.0 Å². The van der Waals surface area contributed by atoms with Gasteiger partial charge in [-0.05, 0) is 50.6 Å². The molecule has 0 fully saturated rings. The molecule has 0 aliphatic heterocycles. The summed E-state index contributed by atoms with van der Waals surface area (Å²) >= 11 is 0. The number of carbonyl (C=O) groups excluding carboxylic acids is 3. The van der Waals surface area contributed by atoms with E-state index in [0.717, 1.165) is 12.8 Å². The Balaban J connectivity index is 2.07. The first-order valence-corrected chi connectivity index (χ1v) is 13.2. The molecular formula is C30H40O6. The third-order valence-electron chi connectivity index (χ3n) is 5.85. The number of rotatable bonds is 17. The lowest BCUT2D eigenvalue weighted by molar-refractivity contribution is -0.142. The number of ether oxygens (including phenoxy) is 3. The molecule has 2 rings (SSSR count). The maximum atomic E-state index is 13.2. The zero-order valence-electron chi connectivity index (χ0n) is 22.0. The average molecular weight is 497 g/mol. The van der Waals surface area contributed by atoms with Crippen LogP contribution in [0.25, 0.3) is 0 Å². The maximum Gasteiger partial charge on any atom is 0.338 e. The topological polar surface area (TPSA) is 78.9 Å². The maximum absolute atomic E-state index is 13.2. The van der Waals surface area contributed by atoms with Crippen LogP contribution in [0.4, 0.5) is 0 Å². The van der Waals surface area contributed by atoms with Gasteiger partial charge in [0, 0.05) is 16.7 Å². The molecule has 0 aliphatic carbocycles. The summed E-state index contributed by atoms with van der Waals surface area (Å²) in [6.07, 6.45) is 9.67. The fourth-order valence-corrected chi connectivity index (χ4v) is 3.95. The molecule has 0 bridgehead atoms.